The average Bonchev–Trinajstić information content (AvgIpc) is 2.85. The number of hydrogen-bond donors (Lipinski definition) is 0. The molecule has 6 heteroatoms. The van der Waals surface area contributed by atoms with E-state index in [9.17, 15) is 13.2 Å². The zero-order valence-corrected chi connectivity index (χ0v) is 14.4. The summed E-state index contributed by atoms with van der Waals surface area (Å²) < 4.78 is 26.8. The van der Waals surface area contributed by atoms with Gasteiger partial charge in [0.05, 0.1) is 5.69 Å². The second-order valence-electron chi connectivity index (χ2n) is 6.14. The highest BCUT2D eigenvalue weighted by Crippen LogP contribution is 2.32. The van der Waals surface area contributed by atoms with Gasteiger partial charge in [0.25, 0.3) is 10.0 Å². The smallest absolute Gasteiger partial charge is 0.268 e. The number of anilines is 1. The molecule has 1 fully saturated rings. The topological polar surface area (TPSA) is 57.7 Å². The number of carbonyl (C=O) groups excluding carboxylic acids is 1. The van der Waals surface area contributed by atoms with Crippen molar-refractivity contribution < 1.29 is 13.2 Å². The maximum absolute atomic E-state index is 12.9. The SMILES string of the molecule is CC(C)N(c1ccccc1S(=O)(=O)N1CCCC1=O)C(C)C. The zero-order valence-electron chi connectivity index (χ0n) is 13.6. The van der Waals surface area contributed by atoms with Gasteiger partial charge < -0.3 is 4.90 Å². The Morgan fingerprint density at radius 2 is 1.68 bits per heavy atom. The number of hydrogen-bond acceptors (Lipinski definition) is 4. The molecule has 1 aliphatic heterocycles. The van der Waals surface area contributed by atoms with Crippen LogP contribution in [-0.2, 0) is 14.8 Å². The Balaban J connectivity index is 2.55. The van der Waals surface area contributed by atoms with Crippen molar-refractivity contribution >= 4 is 21.6 Å². The third-order valence-corrected chi connectivity index (χ3v) is 5.72. The van der Waals surface area contributed by atoms with Crippen molar-refractivity contribution in [2.24, 2.45) is 0 Å². The summed E-state index contributed by atoms with van der Waals surface area (Å²) in [6.45, 7) is 8.41. The van der Waals surface area contributed by atoms with Gasteiger partial charge in [-0.05, 0) is 46.2 Å². The molecule has 0 unspecified atom stereocenters. The second kappa shape index (κ2) is 6.28. The Morgan fingerprint density at radius 3 is 2.18 bits per heavy atom. The Morgan fingerprint density at radius 1 is 1.09 bits per heavy atom. The molecule has 1 amide bonds. The molecule has 1 heterocycles. The number of carbonyl (C=O) groups is 1. The van der Waals surface area contributed by atoms with Gasteiger partial charge in [0.15, 0.2) is 0 Å². The van der Waals surface area contributed by atoms with Crippen LogP contribution in [0.15, 0.2) is 29.2 Å². The summed E-state index contributed by atoms with van der Waals surface area (Å²) in [5.74, 6) is -0.310. The van der Waals surface area contributed by atoms with Crippen molar-refractivity contribution in [3.8, 4) is 0 Å². The minimum absolute atomic E-state index is 0.158. The van der Waals surface area contributed by atoms with E-state index < -0.39 is 10.0 Å². The molecule has 1 aliphatic rings. The standard InChI is InChI=1S/C16H24N2O3S/c1-12(2)18(13(3)4)14-8-5-6-9-15(14)22(20,21)17-11-7-10-16(17)19/h5-6,8-9,12-13H,7,10-11H2,1-4H3. The molecule has 0 bridgehead atoms. The minimum Gasteiger partial charge on any atom is -0.366 e. The minimum atomic E-state index is -3.79. The number of para-hydroxylation sites is 1. The number of rotatable bonds is 5. The van der Waals surface area contributed by atoms with Crippen molar-refractivity contribution in [2.75, 3.05) is 11.4 Å². The number of nitrogens with zero attached hydrogens (tertiary/aromatic N) is 2. The van der Waals surface area contributed by atoms with E-state index in [-0.39, 0.29) is 29.4 Å². The lowest BCUT2D eigenvalue weighted by molar-refractivity contribution is -0.123. The monoisotopic (exact) mass is 324 g/mol. The maximum atomic E-state index is 12.9. The van der Waals surface area contributed by atoms with Crippen molar-refractivity contribution in [3.05, 3.63) is 24.3 Å². The highest BCUT2D eigenvalue weighted by molar-refractivity contribution is 7.89. The van der Waals surface area contributed by atoms with E-state index in [1.54, 1.807) is 12.1 Å². The van der Waals surface area contributed by atoms with Crippen LogP contribution in [0.4, 0.5) is 5.69 Å². The first-order valence-corrected chi connectivity index (χ1v) is 9.13. The molecular weight excluding hydrogens is 300 g/mol. The van der Waals surface area contributed by atoms with Gasteiger partial charge >= 0.3 is 0 Å². The first-order chi connectivity index (χ1) is 10.3. The van der Waals surface area contributed by atoms with Crippen LogP contribution >= 0.6 is 0 Å². The van der Waals surface area contributed by atoms with Crippen LogP contribution < -0.4 is 4.90 Å². The molecule has 2 rings (SSSR count). The van der Waals surface area contributed by atoms with Gasteiger partial charge in [0.2, 0.25) is 5.91 Å². The van der Waals surface area contributed by atoms with Crippen LogP contribution in [0.2, 0.25) is 0 Å². The Kier molecular flexibility index (Phi) is 4.80. The normalized spacial score (nSPS) is 15.9. The van der Waals surface area contributed by atoms with E-state index in [1.807, 2.05) is 39.8 Å². The number of sulfonamides is 1. The van der Waals surface area contributed by atoms with Gasteiger partial charge in [0.1, 0.15) is 4.90 Å². The van der Waals surface area contributed by atoms with Crippen molar-refractivity contribution in [1.82, 2.24) is 4.31 Å². The molecule has 0 aliphatic carbocycles. The fourth-order valence-electron chi connectivity index (χ4n) is 3.04. The molecule has 1 aromatic rings. The van der Waals surface area contributed by atoms with E-state index in [0.29, 0.717) is 18.5 Å². The van der Waals surface area contributed by atoms with Crippen molar-refractivity contribution in [1.29, 1.82) is 0 Å². The summed E-state index contributed by atoms with van der Waals surface area (Å²) in [5.41, 5.74) is 0.659. The van der Waals surface area contributed by atoms with Gasteiger partial charge in [0, 0.05) is 25.0 Å². The van der Waals surface area contributed by atoms with Crippen LogP contribution in [0.1, 0.15) is 40.5 Å². The molecule has 1 saturated heterocycles. The van der Waals surface area contributed by atoms with Gasteiger partial charge in [-0.15, -0.1) is 0 Å². The lowest BCUT2D eigenvalue weighted by atomic mass is 10.2. The maximum Gasteiger partial charge on any atom is 0.268 e. The van der Waals surface area contributed by atoms with Crippen LogP contribution in [-0.4, -0.2) is 37.3 Å². The van der Waals surface area contributed by atoms with Crippen molar-refractivity contribution in [2.45, 2.75) is 57.5 Å². The molecule has 0 spiro atoms. The Bertz CT molecular complexity index is 645. The predicted molar refractivity (Wildman–Crippen MR) is 87.3 cm³/mol. The molecule has 5 nitrogen and oxygen atoms in total. The van der Waals surface area contributed by atoms with E-state index in [0.717, 1.165) is 4.31 Å². The highest BCUT2D eigenvalue weighted by Gasteiger charge is 2.35. The van der Waals surface area contributed by atoms with Crippen molar-refractivity contribution in [3.63, 3.8) is 0 Å². The number of amides is 1. The van der Waals surface area contributed by atoms with E-state index in [2.05, 4.69) is 4.90 Å². The van der Waals surface area contributed by atoms with Crippen LogP contribution in [0.5, 0.6) is 0 Å². The van der Waals surface area contributed by atoms with E-state index >= 15 is 0 Å². The molecule has 0 radical (unpaired) electrons. The third-order valence-electron chi connectivity index (χ3n) is 3.85. The number of benzene rings is 1. The fourth-order valence-corrected chi connectivity index (χ4v) is 4.69. The Hall–Kier alpha value is -1.56. The van der Waals surface area contributed by atoms with Gasteiger partial charge in [-0.3, -0.25) is 4.79 Å². The van der Waals surface area contributed by atoms with Crippen LogP contribution in [0.25, 0.3) is 0 Å². The summed E-state index contributed by atoms with van der Waals surface area (Å²) in [6, 6.07) is 7.26. The van der Waals surface area contributed by atoms with Crippen LogP contribution in [0.3, 0.4) is 0 Å². The average molecular weight is 324 g/mol. The van der Waals surface area contributed by atoms with Gasteiger partial charge in [-0.2, -0.15) is 0 Å². The molecule has 0 aromatic heterocycles. The molecule has 0 saturated carbocycles. The first-order valence-electron chi connectivity index (χ1n) is 7.69. The summed E-state index contributed by atoms with van der Waals surface area (Å²) in [5, 5.41) is 0. The zero-order chi connectivity index (χ0) is 16.5. The summed E-state index contributed by atoms with van der Waals surface area (Å²) in [7, 11) is -3.79. The molecular formula is C16H24N2O3S. The molecule has 122 valence electrons. The third kappa shape index (κ3) is 2.97. The van der Waals surface area contributed by atoms with E-state index in [4.69, 9.17) is 0 Å². The highest BCUT2D eigenvalue weighted by atomic mass is 32.2. The first kappa shape index (κ1) is 16.8. The molecule has 0 N–H and O–H groups in total. The Labute approximate surface area is 133 Å². The second-order valence-corrected chi connectivity index (χ2v) is 7.97. The predicted octanol–water partition coefficient (Wildman–Crippen LogP) is 2.62. The fraction of sp³-hybridized carbons (Fsp3) is 0.562. The summed E-state index contributed by atoms with van der Waals surface area (Å²) in [4.78, 5) is 14.2. The molecule has 0 atom stereocenters. The molecule has 22 heavy (non-hydrogen) atoms. The summed E-state index contributed by atoms with van der Waals surface area (Å²) in [6.07, 6.45) is 0.901. The van der Waals surface area contributed by atoms with Gasteiger partial charge in [-0.1, -0.05) is 12.1 Å². The summed E-state index contributed by atoms with van der Waals surface area (Å²) >= 11 is 0. The lowest BCUT2D eigenvalue weighted by Crippen LogP contribution is -2.39. The van der Waals surface area contributed by atoms with E-state index in [1.165, 1.54) is 0 Å². The largest absolute Gasteiger partial charge is 0.366 e. The quantitative estimate of drug-likeness (QED) is 0.835. The van der Waals surface area contributed by atoms with Gasteiger partial charge in [-0.25, -0.2) is 12.7 Å². The van der Waals surface area contributed by atoms with Crippen LogP contribution in [0, 0.1) is 0 Å². The lowest BCUT2D eigenvalue weighted by Gasteiger charge is -2.35. The molecule has 1 aromatic carbocycles.